The fourth-order valence-electron chi connectivity index (χ4n) is 2.37. The molecular weight excluding hydrogens is 403 g/mol. The van der Waals surface area contributed by atoms with E-state index < -0.39 is 15.7 Å². The molecule has 1 aromatic heterocycles. The lowest BCUT2D eigenvalue weighted by atomic mass is 10.2. The molecule has 5 nitrogen and oxygen atoms in total. The molecule has 0 saturated heterocycles. The summed E-state index contributed by atoms with van der Waals surface area (Å²) in [4.78, 5) is 15.6. The van der Waals surface area contributed by atoms with Crippen molar-refractivity contribution in [2.45, 2.75) is 9.79 Å². The third-order valence-electron chi connectivity index (χ3n) is 3.69. The van der Waals surface area contributed by atoms with Crippen molar-refractivity contribution in [1.29, 1.82) is 0 Å². The fourth-order valence-corrected chi connectivity index (χ4v) is 3.97. The molecule has 142 valence electrons. The first-order valence-electron chi connectivity index (χ1n) is 8.05. The summed E-state index contributed by atoms with van der Waals surface area (Å²) in [5, 5.41) is 2.62. The van der Waals surface area contributed by atoms with Crippen molar-refractivity contribution < 1.29 is 17.6 Å². The largest absolute Gasteiger partial charge is 0.323 e. The highest BCUT2D eigenvalue weighted by atomic mass is 35.5. The van der Waals surface area contributed by atoms with Crippen molar-refractivity contribution in [2.75, 3.05) is 5.32 Å². The van der Waals surface area contributed by atoms with Gasteiger partial charge in [0.2, 0.25) is 15.7 Å². The zero-order valence-electron chi connectivity index (χ0n) is 14.3. The maximum Gasteiger partial charge on any atom is 0.248 e. The van der Waals surface area contributed by atoms with E-state index in [1.165, 1.54) is 36.4 Å². The van der Waals surface area contributed by atoms with E-state index in [2.05, 4.69) is 10.3 Å². The van der Waals surface area contributed by atoms with Crippen LogP contribution in [-0.4, -0.2) is 19.3 Å². The number of nitrogens with one attached hydrogen (secondary N) is 1. The van der Waals surface area contributed by atoms with Crippen molar-refractivity contribution >= 4 is 39.1 Å². The molecule has 0 saturated carbocycles. The van der Waals surface area contributed by atoms with Crippen molar-refractivity contribution in [2.24, 2.45) is 0 Å². The zero-order chi connectivity index (χ0) is 20.1. The molecule has 0 fully saturated rings. The van der Waals surface area contributed by atoms with E-state index in [0.29, 0.717) is 5.69 Å². The smallest absolute Gasteiger partial charge is 0.248 e. The number of carbonyl (C=O) groups excluding carboxylic acids is 1. The quantitative estimate of drug-likeness (QED) is 0.627. The van der Waals surface area contributed by atoms with E-state index in [0.717, 1.165) is 17.7 Å². The number of hydrogen-bond donors (Lipinski definition) is 1. The second kappa shape index (κ2) is 8.33. The topological polar surface area (TPSA) is 76.1 Å². The predicted octanol–water partition coefficient (Wildman–Crippen LogP) is 4.36. The van der Waals surface area contributed by atoms with E-state index in [-0.39, 0.29) is 20.7 Å². The minimum atomic E-state index is -3.93. The van der Waals surface area contributed by atoms with Gasteiger partial charge in [0.05, 0.1) is 9.79 Å². The molecule has 1 amide bonds. The van der Waals surface area contributed by atoms with Crippen LogP contribution in [0.3, 0.4) is 0 Å². The molecule has 0 aliphatic carbocycles. The van der Waals surface area contributed by atoms with Gasteiger partial charge in [-0.1, -0.05) is 17.7 Å². The molecule has 1 heterocycles. The number of pyridine rings is 1. The Labute approximate surface area is 166 Å². The van der Waals surface area contributed by atoms with E-state index >= 15 is 0 Å². The molecule has 0 radical (unpaired) electrons. The monoisotopic (exact) mass is 416 g/mol. The fraction of sp³-hybridized carbons (Fsp3) is 0. The van der Waals surface area contributed by atoms with Crippen molar-refractivity contribution in [3.63, 3.8) is 0 Å². The second-order valence-corrected chi connectivity index (χ2v) is 8.13. The van der Waals surface area contributed by atoms with Crippen LogP contribution in [0.4, 0.5) is 10.1 Å². The summed E-state index contributed by atoms with van der Waals surface area (Å²) in [5.74, 6) is -1.12. The van der Waals surface area contributed by atoms with Crippen LogP contribution in [0.5, 0.6) is 0 Å². The van der Waals surface area contributed by atoms with Crippen LogP contribution in [0.15, 0.2) is 82.9 Å². The highest BCUT2D eigenvalue weighted by molar-refractivity contribution is 7.91. The van der Waals surface area contributed by atoms with Gasteiger partial charge in [0.25, 0.3) is 0 Å². The third-order valence-corrected chi connectivity index (χ3v) is 5.66. The van der Waals surface area contributed by atoms with Crippen molar-refractivity contribution in [3.05, 3.63) is 89.5 Å². The minimum Gasteiger partial charge on any atom is -0.323 e. The van der Waals surface area contributed by atoms with Crippen LogP contribution in [0.1, 0.15) is 5.56 Å². The number of amides is 1. The number of sulfone groups is 1. The summed E-state index contributed by atoms with van der Waals surface area (Å²) >= 11 is 5.74. The molecule has 3 aromatic rings. The summed E-state index contributed by atoms with van der Waals surface area (Å²) in [6, 6.07) is 12.2. The van der Waals surface area contributed by atoms with Gasteiger partial charge in [0.15, 0.2) is 0 Å². The number of nitrogens with zero attached hydrogens (tertiary/aromatic N) is 1. The molecule has 3 rings (SSSR count). The van der Waals surface area contributed by atoms with Gasteiger partial charge in [0, 0.05) is 29.2 Å². The average molecular weight is 417 g/mol. The van der Waals surface area contributed by atoms with E-state index in [9.17, 15) is 17.6 Å². The summed E-state index contributed by atoms with van der Waals surface area (Å²) in [6.07, 6.45) is 6.19. The molecule has 0 aliphatic heterocycles. The Bertz CT molecular complexity index is 1110. The summed E-state index contributed by atoms with van der Waals surface area (Å²) in [5.41, 5.74) is 1.19. The maximum absolute atomic E-state index is 13.5. The number of hydrogen-bond acceptors (Lipinski definition) is 4. The molecule has 2 aromatic carbocycles. The second-order valence-electron chi connectivity index (χ2n) is 5.74. The van der Waals surface area contributed by atoms with Gasteiger partial charge in [-0.05, 0) is 60.2 Å². The highest BCUT2D eigenvalue weighted by Gasteiger charge is 2.19. The first-order valence-corrected chi connectivity index (χ1v) is 9.91. The predicted molar refractivity (Wildman–Crippen MR) is 105 cm³/mol. The molecule has 0 atom stereocenters. The number of rotatable bonds is 5. The van der Waals surface area contributed by atoms with E-state index in [4.69, 9.17) is 11.6 Å². The van der Waals surface area contributed by atoms with Gasteiger partial charge in [-0.3, -0.25) is 9.78 Å². The molecular formula is C20H14ClFN2O3S. The van der Waals surface area contributed by atoms with Gasteiger partial charge in [-0.2, -0.15) is 0 Å². The summed E-state index contributed by atoms with van der Waals surface area (Å²) < 4.78 is 38.7. The third kappa shape index (κ3) is 4.82. The lowest BCUT2D eigenvalue weighted by molar-refractivity contribution is -0.111. The minimum absolute atomic E-state index is 0.0112. The van der Waals surface area contributed by atoms with E-state index in [1.54, 1.807) is 30.6 Å². The SMILES string of the molecule is O=C(C=Cc1cccnc1)Nc1ccc(S(=O)(=O)c2cc(F)cc(Cl)c2)cc1. The maximum atomic E-state index is 13.5. The number of anilines is 1. The van der Waals surface area contributed by atoms with Crippen LogP contribution in [0.2, 0.25) is 5.02 Å². The van der Waals surface area contributed by atoms with Crippen LogP contribution < -0.4 is 5.32 Å². The Morgan fingerprint density at radius 2 is 1.82 bits per heavy atom. The Hall–Kier alpha value is -3.03. The molecule has 0 bridgehead atoms. The lowest BCUT2D eigenvalue weighted by Crippen LogP contribution is -2.08. The first kappa shape index (κ1) is 19.7. The number of aromatic nitrogens is 1. The van der Waals surface area contributed by atoms with Crippen molar-refractivity contribution in [3.8, 4) is 0 Å². The molecule has 1 N–H and O–H groups in total. The first-order chi connectivity index (χ1) is 13.3. The van der Waals surface area contributed by atoms with Gasteiger partial charge < -0.3 is 5.32 Å². The van der Waals surface area contributed by atoms with Crippen molar-refractivity contribution in [1.82, 2.24) is 4.98 Å². The average Bonchev–Trinajstić information content (AvgIpc) is 2.67. The van der Waals surface area contributed by atoms with Crippen LogP contribution in [0, 0.1) is 5.82 Å². The van der Waals surface area contributed by atoms with Gasteiger partial charge >= 0.3 is 0 Å². The van der Waals surface area contributed by atoms with Crippen LogP contribution in [0.25, 0.3) is 6.08 Å². The van der Waals surface area contributed by atoms with Crippen LogP contribution in [-0.2, 0) is 14.6 Å². The number of benzene rings is 2. The number of halogens is 2. The zero-order valence-corrected chi connectivity index (χ0v) is 15.9. The summed E-state index contributed by atoms with van der Waals surface area (Å²) in [6.45, 7) is 0. The standard InChI is InChI=1S/C20H14ClFN2O3S/c21-15-10-16(22)12-19(11-15)28(26,27)18-6-4-17(5-7-18)24-20(25)8-3-14-2-1-9-23-13-14/h1-13H,(H,24,25). The normalized spacial score (nSPS) is 11.5. The highest BCUT2D eigenvalue weighted by Crippen LogP contribution is 2.25. The molecule has 0 spiro atoms. The van der Waals surface area contributed by atoms with E-state index in [1.807, 2.05) is 0 Å². The van der Waals surface area contributed by atoms with Crippen LogP contribution >= 0.6 is 11.6 Å². The van der Waals surface area contributed by atoms with Gasteiger partial charge in [-0.25, -0.2) is 12.8 Å². The Balaban J connectivity index is 1.74. The Morgan fingerprint density at radius 1 is 1.07 bits per heavy atom. The molecule has 28 heavy (non-hydrogen) atoms. The molecule has 0 aliphatic rings. The summed E-state index contributed by atoms with van der Waals surface area (Å²) in [7, 11) is -3.93. The Morgan fingerprint density at radius 3 is 2.46 bits per heavy atom. The molecule has 0 unspecified atom stereocenters. The van der Waals surface area contributed by atoms with Gasteiger partial charge in [-0.15, -0.1) is 0 Å². The lowest BCUT2D eigenvalue weighted by Gasteiger charge is -2.07. The number of carbonyl (C=O) groups is 1. The molecule has 8 heteroatoms. The Kier molecular flexibility index (Phi) is 5.87. The van der Waals surface area contributed by atoms with Gasteiger partial charge in [0.1, 0.15) is 5.82 Å².